The molecule has 8 heteroatoms. The first kappa shape index (κ1) is 21.9. The SMILES string of the molecule is CCOC(=O)c1ccc(Oc2c(C)oc3c4c(ccc3c2=O)OCN(CCOC)C4)cc1. The number of carbonyl (C=O) groups excluding carboxylic acids is 1. The van der Waals surface area contributed by atoms with Gasteiger partial charge < -0.3 is 23.4 Å². The van der Waals surface area contributed by atoms with Crippen LogP contribution in [-0.4, -0.2) is 44.5 Å². The van der Waals surface area contributed by atoms with Gasteiger partial charge in [-0.05, 0) is 50.2 Å². The third kappa shape index (κ3) is 4.32. The van der Waals surface area contributed by atoms with Crippen LogP contribution in [0.3, 0.4) is 0 Å². The lowest BCUT2D eigenvalue weighted by atomic mass is 10.1. The fourth-order valence-electron chi connectivity index (χ4n) is 3.58. The van der Waals surface area contributed by atoms with Crippen LogP contribution in [0.4, 0.5) is 0 Å². The van der Waals surface area contributed by atoms with E-state index in [-0.39, 0.29) is 11.2 Å². The van der Waals surface area contributed by atoms with E-state index in [0.717, 1.165) is 5.56 Å². The number of aryl methyl sites for hydroxylation is 1. The molecule has 1 aliphatic heterocycles. The molecular formula is C24H25NO7. The maximum Gasteiger partial charge on any atom is 0.338 e. The largest absolute Gasteiger partial charge is 0.478 e. The minimum absolute atomic E-state index is 0.106. The Morgan fingerprint density at radius 3 is 2.66 bits per heavy atom. The lowest BCUT2D eigenvalue weighted by Crippen LogP contribution is -2.34. The summed E-state index contributed by atoms with van der Waals surface area (Å²) in [5, 5.41) is 0.421. The van der Waals surface area contributed by atoms with Crippen LogP contribution in [0, 0.1) is 6.92 Å². The molecule has 1 aromatic heterocycles. The van der Waals surface area contributed by atoms with Crippen LogP contribution in [-0.2, 0) is 16.0 Å². The van der Waals surface area contributed by atoms with Gasteiger partial charge in [0.15, 0.2) is 0 Å². The molecule has 0 spiro atoms. The normalized spacial score (nSPS) is 13.5. The van der Waals surface area contributed by atoms with E-state index in [2.05, 4.69) is 4.90 Å². The fraction of sp³-hybridized carbons (Fsp3) is 0.333. The average Bonchev–Trinajstić information content (AvgIpc) is 2.80. The third-order valence-electron chi connectivity index (χ3n) is 5.22. The molecule has 0 N–H and O–H groups in total. The van der Waals surface area contributed by atoms with Crippen LogP contribution in [0.25, 0.3) is 11.0 Å². The van der Waals surface area contributed by atoms with Crippen molar-refractivity contribution in [2.24, 2.45) is 0 Å². The Balaban J connectivity index is 1.65. The van der Waals surface area contributed by atoms with E-state index in [1.807, 2.05) is 0 Å². The number of nitrogens with zero attached hydrogens (tertiary/aromatic N) is 1. The molecule has 0 amide bonds. The minimum Gasteiger partial charge on any atom is -0.478 e. The Hall–Kier alpha value is -3.36. The van der Waals surface area contributed by atoms with Gasteiger partial charge >= 0.3 is 5.97 Å². The molecule has 8 nitrogen and oxygen atoms in total. The van der Waals surface area contributed by atoms with Gasteiger partial charge in [0.25, 0.3) is 0 Å². The Morgan fingerprint density at radius 1 is 1.16 bits per heavy atom. The van der Waals surface area contributed by atoms with Gasteiger partial charge in [0.2, 0.25) is 11.2 Å². The highest BCUT2D eigenvalue weighted by atomic mass is 16.5. The van der Waals surface area contributed by atoms with Crippen LogP contribution >= 0.6 is 0 Å². The summed E-state index contributed by atoms with van der Waals surface area (Å²) in [6.45, 7) is 6.07. The third-order valence-corrected chi connectivity index (χ3v) is 5.22. The first-order valence-electron chi connectivity index (χ1n) is 10.4. The molecule has 0 radical (unpaired) electrons. The zero-order valence-corrected chi connectivity index (χ0v) is 18.3. The highest BCUT2D eigenvalue weighted by Crippen LogP contribution is 2.34. The summed E-state index contributed by atoms with van der Waals surface area (Å²) in [5.74, 6) is 1.18. The molecule has 32 heavy (non-hydrogen) atoms. The monoisotopic (exact) mass is 439 g/mol. The molecule has 0 fully saturated rings. The Morgan fingerprint density at radius 2 is 1.94 bits per heavy atom. The highest BCUT2D eigenvalue weighted by Gasteiger charge is 2.24. The number of carbonyl (C=O) groups is 1. The summed E-state index contributed by atoms with van der Waals surface area (Å²) in [4.78, 5) is 27.1. The number of methoxy groups -OCH3 is 1. The van der Waals surface area contributed by atoms with Crippen molar-refractivity contribution < 1.29 is 28.2 Å². The van der Waals surface area contributed by atoms with Crippen molar-refractivity contribution in [1.82, 2.24) is 4.90 Å². The second kappa shape index (κ2) is 9.42. The average molecular weight is 439 g/mol. The second-order valence-corrected chi connectivity index (χ2v) is 7.40. The highest BCUT2D eigenvalue weighted by molar-refractivity contribution is 5.89. The second-order valence-electron chi connectivity index (χ2n) is 7.40. The molecule has 0 saturated heterocycles. The Kier molecular flexibility index (Phi) is 6.43. The molecule has 2 heterocycles. The number of fused-ring (bicyclic) bond motifs is 3. The zero-order valence-electron chi connectivity index (χ0n) is 18.3. The maximum atomic E-state index is 13.2. The summed E-state index contributed by atoms with van der Waals surface area (Å²) >= 11 is 0. The van der Waals surface area contributed by atoms with E-state index in [0.29, 0.717) is 66.8 Å². The number of rotatable bonds is 7. The number of hydrogen-bond donors (Lipinski definition) is 0. The van der Waals surface area contributed by atoms with E-state index >= 15 is 0 Å². The zero-order chi connectivity index (χ0) is 22.7. The predicted molar refractivity (Wildman–Crippen MR) is 117 cm³/mol. The molecule has 3 aromatic rings. The first-order chi connectivity index (χ1) is 15.5. The van der Waals surface area contributed by atoms with Crippen LogP contribution in [0.2, 0.25) is 0 Å². The van der Waals surface area contributed by atoms with Gasteiger partial charge in [-0.1, -0.05) is 0 Å². The van der Waals surface area contributed by atoms with Crippen LogP contribution in [0.15, 0.2) is 45.6 Å². The number of ether oxygens (including phenoxy) is 4. The van der Waals surface area contributed by atoms with Crippen molar-refractivity contribution in [1.29, 1.82) is 0 Å². The number of benzene rings is 2. The van der Waals surface area contributed by atoms with Gasteiger partial charge in [0, 0.05) is 20.2 Å². The van der Waals surface area contributed by atoms with E-state index in [1.165, 1.54) is 0 Å². The minimum atomic E-state index is -0.410. The molecule has 2 aromatic carbocycles. The van der Waals surface area contributed by atoms with Crippen molar-refractivity contribution in [3.05, 3.63) is 63.5 Å². The Bertz CT molecular complexity index is 1180. The molecule has 0 atom stereocenters. The van der Waals surface area contributed by atoms with Crippen LogP contribution in [0.1, 0.15) is 28.6 Å². The van der Waals surface area contributed by atoms with Crippen LogP contribution < -0.4 is 14.9 Å². The number of esters is 1. The summed E-state index contributed by atoms with van der Waals surface area (Å²) in [7, 11) is 1.66. The molecule has 0 bridgehead atoms. The summed E-state index contributed by atoms with van der Waals surface area (Å²) in [5.41, 5.74) is 1.47. The fourth-order valence-corrected chi connectivity index (χ4v) is 3.58. The van der Waals surface area contributed by atoms with Crippen LogP contribution in [0.5, 0.6) is 17.2 Å². The van der Waals surface area contributed by atoms with E-state index in [4.69, 9.17) is 23.4 Å². The van der Waals surface area contributed by atoms with Gasteiger partial charge in [0.05, 0.1) is 29.7 Å². The van der Waals surface area contributed by atoms with Crippen molar-refractivity contribution in [3.8, 4) is 17.2 Å². The Labute approximate surface area is 185 Å². The van der Waals surface area contributed by atoms with Gasteiger partial charge in [0.1, 0.15) is 29.6 Å². The lowest BCUT2D eigenvalue weighted by Gasteiger charge is -2.29. The van der Waals surface area contributed by atoms with Crippen molar-refractivity contribution in [3.63, 3.8) is 0 Å². The molecule has 4 rings (SSSR count). The van der Waals surface area contributed by atoms with Crippen molar-refractivity contribution in [2.45, 2.75) is 20.4 Å². The molecule has 0 unspecified atom stereocenters. The molecule has 0 saturated carbocycles. The van der Waals surface area contributed by atoms with E-state index in [9.17, 15) is 9.59 Å². The summed E-state index contributed by atoms with van der Waals surface area (Å²) < 4.78 is 27.9. The molecule has 168 valence electrons. The van der Waals surface area contributed by atoms with E-state index < -0.39 is 5.97 Å². The lowest BCUT2D eigenvalue weighted by molar-refractivity contribution is 0.0526. The van der Waals surface area contributed by atoms with Gasteiger partial charge in [-0.25, -0.2) is 4.79 Å². The quantitative estimate of drug-likeness (QED) is 0.513. The van der Waals surface area contributed by atoms with Gasteiger partial charge in [-0.2, -0.15) is 0 Å². The first-order valence-corrected chi connectivity index (χ1v) is 10.4. The molecular weight excluding hydrogens is 414 g/mol. The van der Waals surface area contributed by atoms with Crippen molar-refractivity contribution in [2.75, 3.05) is 33.6 Å². The smallest absolute Gasteiger partial charge is 0.338 e. The standard InChI is InChI=1S/C24H25NO7/c1-4-29-24(27)16-5-7-17(8-6-16)32-22-15(2)31-23-18(21(22)26)9-10-20-19(23)13-25(14-30-20)11-12-28-3/h5-10H,4,11-14H2,1-3H3. The van der Waals surface area contributed by atoms with Crippen molar-refractivity contribution >= 4 is 16.9 Å². The van der Waals surface area contributed by atoms with Gasteiger partial charge in [-0.3, -0.25) is 9.69 Å². The number of hydrogen-bond acceptors (Lipinski definition) is 8. The predicted octanol–water partition coefficient (Wildman–Crippen LogP) is 3.87. The molecule has 0 aliphatic carbocycles. The summed E-state index contributed by atoms with van der Waals surface area (Å²) in [6.07, 6.45) is 0. The molecule has 1 aliphatic rings. The maximum absolute atomic E-state index is 13.2. The van der Waals surface area contributed by atoms with Gasteiger partial charge in [-0.15, -0.1) is 0 Å². The summed E-state index contributed by atoms with van der Waals surface area (Å²) in [6, 6.07) is 9.89. The topological polar surface area (TPSA) is 87.4 Å². The van der Waals surface area contributed by atoms with E-state index in [1.54, 1.807) is 57.4 Å².